The van der Waals surface area contributed by atoms with E-state index in [0.29, 0.717) is 12.3 Å². The molecule has 0 bridgehead atoms. The van der Waals surface area contributed by atoms with Gasteiger partial charge in [-0.3, -0.25) is 4.79 Å². The molecule has 17 heavy (non-hydrogen) atoms. The molecule has 1 N–H and O–H groups in total. The van der Waals surface area contributed by atoms with Crippen molar-refractivity contribution in [2.45, 2.75) is 32.6 Å². The first kappa shape index (κ1) is 11.7. The van der Waals surface area contributed by atoms with Gasteiger partial charge in [0.1, 0.15) is 0 Å². The molecule has 0 aromatic heterocycles. The van der Waals surface area contributed by atoms with E-state index >= 15 is 0 Å². The zero-order valence-electron chi connectivity index (χ0n) is 10.2. The molecule has 1 aliphatic rings. The van der Waals surface area contributed by atoms with Gasteiger partial charge in [-0.1, -0.05) is 32.0 Å². The van der Waals surface area contributed by atoms with Gasteiger partial charge in [0.25, 0.3) is 0 Å². The number of carbonyl (C=O) groups is 1. The maximum atomic E-state index is 11.9. The Bertz CT molecular complexity index is 485. The molecule has 0 aliphatic carbocycles. The van der Waals surface area contributed by atoms with Crippen molar-refractivity contribution in [2.24, 2.45) is 5.92 Å². The number of fused-ring (bicyclic) bond motifs is 1. The monoisotopic (exact) mass is 228 g/mol. The topological polar surface area (TPSA) is 52.9 Å². The first-order valence-corrected chi connectivity index (χ1v) is 5.93. The average molecular weight is 228 g/mol. The van der Waals surface area contributed by atoms with Gasteiger partial charge < -0.3 is 5.32 Å². The highest BCUT2D eigenvalue weighted by atomic mass is 16.1. The number of rotatable bonds is 2. The highest BCUT2D eigenvalue weighted by Gasteiger charge is 2.27. The fraction of sp³-hybridized carbons (Fsp3) is 0.429. The van der Waals surface area contributed by atoms with Crippen LogP contribution in [-0.2, 0) is 11.2 Å². The summed E-state index contributed by atoms with van der Waals surface area (Å²) in [6.07, 6.45) is 0.965. The van der Waals surface area contributed by atoms with Crippen molar-refractivity contribution >= 4 is 11.6 Å². The summed E-state index contributed by atoms with van der Waals surface area (Å²) in [5.74, 6) is 0.167. The third-order valence-electron chi connectivity index (χ3n) is 3.23. The van der Waals surface area contributed by atoms with Gasteiger partial charge in [-0.2, -0.15) is 5.26 Å². The van der Waals surface area contributed by atoms with Crippen molar-refractivity contribution in [3.63, 3.8) is 0 Å². The third-order valence-corrected chi connectivity index (χ3v) is 3.23. The quantitative estimate of drug-likeness (QED) is 0.846. The Morgan fingerprint density at radius 1 is 1.53 bits per heavy atom. The Kier molecular flexibility index (Phi) is 3.14. The van der Waals surface area contributed by atoms with Gasteiger partial charge in [0, 0.05) is 12.1 Å². The van der Waals surface area contributed by atoms with Crippen molar-refractivity contribution < 1.29 is 4.79 Å². The van der Waals surface area contributed by atoms with E-state index in [-0.39, 0.29) is 18.2 Å². The molecule has 0 fully saturated rings. The van der Waals surface area contributed by atoms with Gasteiger partial charge in [-0.25, -0.2) is 0 Å². The highest BCUT2D eigenvalue weighted by molar-refractivity contribution is 5.96. The standard InChI is InChI=1S/C14H16N2O/c1-9(2)12-5-3-4-10-8-11(6-7-15)14(17)16-13(10)12/h3-5,9,11H,6,8H2,1-2H3,(H,16,17). The molecule has 1 aliphatic heterocycles. The molecule has 0 saturated carbocycles. The second-order valence-corrected chi connectivity index (χ2v) is 4.79. The van der Waals surface area contributed by atoms with Crippen LogP contribution < -0.4 is 5.32 Å². The minimum absolute atomic E-state index is 0.0212. The van der Waals surface area contributed by atoms with E-state index in [1.807, 2.05) is 18.2 Å². The van der Waals surface area contributed by atoms with E-state index in [4.69, 9.17) is 5.26 Å². The summed E-state index contributed by atoms with van der Waals surface area (Å²) in [6, 6.07) is 8.18. The lowest BCUT2D eigenvalue weighted by molar-refractivity contribution is -0.120. The molecule has 1 heterocycles. The summed E-state index contributed by atoms with van der Waals surface area (Å²) in [7, 11) is 0. The average Bonchev–Trinajstić information content (AvgIpc) is 2.29. The van der Waals surface area contributed by atoms with Gasteiger partial charge in [-0.05, 0) is 23.5 Å². The fourth-order valence-corrected chi connectivity index (χ4v) is 2.28. The van der Waals surface area contributed by atoms with Crippen LogP contribution in [0.3, 0.4) is 0 Å². The van der Waals surface area contributed by atoms with Crippen molar-refractivity contribution in [2.75, 3.05) is 5.32 Å². The maximum Gasteiger partial charge on any atom is 0.228 e. The summed E-state index contributed by atoms with van der Waals surface area (Å²) in [5, 5.41) is 11.7. The molecule has 0 saturated heterocycles. The zero-order valence-corrected chi connectivity index (χ0v) is 10.2. The second-order valence-electron chi connectivity index (χ2n) is 4.79. The van der Waals surface area contributed by atoms with Gasteiger partial charge in [0.05, 0.1) is 12.0 Å². The third kappa shape index (κ3) is 2.16. The van der Waals surface area contributed by atoms with E-state index in [9.17, 15) is 4.79 Å². The molecular weight excluding hydrogens is 212 g/mol. The molecule has 88 valence electrons. The lowest BCUT2D eigenvalue weighted by atomic mass is 9.87. The van der Waals surface area contributed by atoms with Gasteiger partial charge in [0.15, 0.2) is 0 Å². The van der Waals surface area contributed by atoms with E-state index < -0.39 is 0 Å². The van der Waals surface area contributed by atoms with E-state index in [2.05, 4.69) is 25.2 Å². The number of hydrogen-bond acceptors (Lipinski definition) is 2. The molecule has 3 nitrogen and oxygen atoms in total. The molecule has 2 rings (SSSR count). The summed E-state index contributed by atoms with van der Waals surface area (Å²) in [6.45, 7) is 4.23. The Balaban J connectivity index is 2.38. The Hall–Kier alpha value is -1.82. The van der Waals surface area contributed by atoms with E-state index in [1.54, 1.807) is 0 Å². The number of nitrogens with one attached hydrogen (secondary N) is 1. The second kappa shape index (κ2) is 4.58. The molecular formula is C14H16N2O. The van der Waals surface area contributed by atoms with Crippen LogP contribution in [0.2, 0.25) is 0 Å². The number of nitriles is 1. The smallest absolute Gasteiger partial charge is 0.228 e. The minimum atomic E-state index is -0.199. The molecule has 1 aromatic rings. The zero-order chi connectivity index (χ0) is 12.4. The Morgan fingerprint density at radius 3 is 2.94 bits per heavy atom. The summed E-state index contributed by atoms with van der Waals surface area (Å²) in [4.78, 5) is 11.9. The molecule has 0 radical (unpaired) electrons. The Morgan fingerprint density at radius 2 is 2.29 bits per heavy atom. The molecule has 1 amide bonds. The normalized spacial score (nSPS) is 18.5. The lowest BCUT2D eigenvalue weighted by Crippen LogP contribution is -2.30. The SMILES string of the molecule is CC(C)c1cccc2c1NC(=O)C(CC#N)C2. The molecule has 1 unspecified atom stereocenters. The van der Waals surface area contributed by atoms with Crippen LogP contribution in [-0.4, -0.2) is 5.91 Å². The van der Waals surface area contributed by atoms with Crippen molar-refractivity contribution in [1.82, 2.24) is 0 Å². The number of carbonyl (C=O) groups excluding carboxylic acids is 1. The van der Waals surface area contributed by atoms with Crippen LogP contribution in [0, 0.1) is 17.2 Å². The van der Waals surface area contributed by atoms with Crippen LogP contribution in [0.1, 0.15) is 37.3 Å². The van der Waals surface area contributed by atoms with Crippen LogP contribution in [0.5, 0.6) is 0 Å². The number of anilines is 1. The largest absolute Gasteiger partial charge is 0.325 e. The van der Waals surface area contributed by atoms with Gasteiger partial charge in [-0.15, -0.1) is 0 Å². The summed E-state index contributed by atoms with van der Waals surface area (Å²) >= 11 is 0. The Labute approximate surface area is 101 Å². The van der Waals surface area contributed by atoms with Crippen LogP contribution >= 0.6 is 0 Å². The number of amides is 1. The van der Waals surface area contributed by atoms with Gasteiger partial charge >= 0.3 is 0 Å². The number of hydrogen-bond donors (Lipinski definition) is 1. The van der Waals surface area contributed by atoms with E-state index in [0.717, 1.165) is 11.3 Å². The van der Waals surface area contributed by atoms with Crippen molar-refractivity contribution in [3.05, 3.63) is 29.3 Å². The molecule has 1 aromatic carbocycles. The summed E-state index contributed by atoms with van der Waals surface area (Å²) in [5.41, 5.74) is 3.28. The number of nitrogens with zero attached hydrogens (tertiary/aromatic N) is 1. The molecule has 1 atom stereocenters. The molecule has 0 spiro atoms. The van der Waals surface area contributed by atoms with Crippen molar-refractivity contribution in [1.29, 1.82) is 5.26 Å². The fourth-order valence-electron chi connectivity index (χ4n) is 2.28. The predicted octanol–water partition coefficient (Wildman–Crippen LogP) is 2.83. The van der Waals surface area contributed by atoms with Crippen LogP contribution in [0.25, 0.3) is 0 Å². The number of benzene rings is 1. The summed E-state index contributed by atoms with van der Waals surface area (Å²) < 4.78 is 0. The predicted molar refractivity (Wildman–Crippen MR) is 66.6 cm³/mol. The number of para-hydroxylation sites is 1. The molecule has 3 heteroatoms. The first-order valence-electron chi connectivity index (χ1n) is 5.93. The first-order chi connectivity index (χ1) is 8.13. The minimum Gasteiger partial charge on any atom is -0.325 e. The highest BCUT2D eigenvalue weighted by Crippen LogP contribution is 2.33. The van der Waals surface area contributed by atoms with Gasteiger partial charge in [0.2, 0.25) is 5.91 Å². The maximum absolute atomic E-state index is 11.9. The van der Waals surface area contributed by atoms with Crippen LogP contribution in [0.15, 0.2) is 18.2 Å². The van der Waals surface area contributed by atoms with Crippen LogP contribution in [0.4, 0.5) is 5.69 Å². The lowest BCUT2D eigenvalue weighted by Gasteiger charge is -2.26. The van der Waals surface area contributed by atoms with E-state index in [1.165, 1.54) is 5.56 Å². The van der Waals surface area contributed by atoms with Crippen molar-refractivity contribution in [3.8, 4) is 6.07 Å².